The number of epoxide rings is 2. The van der Waals surface area contributed by atoms with E-state index in [0.29, 0.717) is 6.61 Å². The second-order valence-electron chi connectivity index (χ2n) is 8.25. The molecule has 5 nitrogen and oxygen atoms in total. The lowest BCUT2D eigenvalue weighted by molar-refractivity contribution is -0.135. The molecule has 8 atom stereocenters. The summed E-state index contributed by atoms with van der Waals surface area (Å²) in [4.78, 5) is 12.5. The van der Waals surface area contributed by atoms with Gasteiger partial charge in [-0.1, -0.05) is 20.8 Å². The molecular weight excluding hydrogens is 260 g/mol. The van der Waals surface area contributed by atoms with Gasteiger partial charge in [0.15, 0.2) is 17.5 Å². The first-order chi connectivity index (χ1) is 9.24. The lowest BCUT2D eigenvalue weighted by Crippen LogP contribution is -2.52. The van der Waals surface area contributed by atoms with Crippen molar-refractivity contribution in [3.05, 3.63) is 0 Å². The van der Waals surface area contributed by atoms with Gasteiger partial charge in [0.2, 0.25) is 0 Å². The predicted molar refractivity (Wildman–Crippen MR) is 66.8 cm³/mol. The highest BCUT2D eigenvalue weighted by atomic mass is 16.7. The van der Waals surface area contributed by atoms with E-state index < -0.39 is 34.9 Å². The van der Waals surface area contributed by atoms with Crippen LogP contribution in [0, 0.1) is 22.7 Å². The summed E-state index contributed by atoms with van der Waals surface area (Å²) >= 11 is 0. The predicted octanol–water partition coefficient (Wildman–Crippen LogP) is -0.120. The lowest BCUT2D eigenvalue weighted by Gasteiger charge is -2.39. The SMILES string of the molecule is CC1(C)C[C@H]2[C@@H]([C@H]1O)[C@@]1(C)[C@@]3(O[C@@H]3C(=O)[C@@]13CO3)[C@H]2O. The maximum Gasteiger partial charge on any atom is 0.199 e. The number of ketones is 1. The van der Waals surface area contributed by atoms with Crippen LogP contribution in [0.1, 0.15) is 27.2 Å². The second kappa shape index (κ2) is 2.74. The van der Waals surface area contributed by atoms with Crippen molar-refractivity contribution in [3.63, 3.8) is 0 Å². The fourth-order valence-corrected chi connectivity index (χ4v) is 6.11. The smallest absolute Gasteiger partial charge is 0.199 e. The Morgan fingerprint density at radius 2 is 1.85 bits per heavy atom. The first-order valence-corrected chi connectivity index (χ1v) is 7.46. The van der Waals surface area contributed by atoms with Crippen LogP contribution in [0.2, 0.25) is 0 Å². The minimum absolute atomic E-state index is 0.0100. The highest BCUT2D eigenvalue weighted by molar-refractivity contribution is 6.02. The van der Waals surface area contributed by atoms with Gasteiger partial charge in [0.05, 0.1) is 18.8 Å². The quantitative estimate of drug-likeness (QED) is 0.605. The molecule has 3 aliphatic carbocycles. The first-order valence-electron chi connectivity index (χ1n) is 7.46. The van der Waals surface area contributed by atoms with E-state index in [1.54, 1.807) is 0 Å². The monoisotopic (exact) mass is 280 g/mol. The zero-order chi connectivity index (χ0) is 14.3. The lowest BCUT2D eigenvalue weighted by atomic mass is 9.65. The number of hydrogen-bond acceptors (Lipinski definition) is 5. The molecule has 5 aliphatic rings. The van der Waals surface area contributed by atoms with E-state index in [9.17, 15) is 15.0 Å². The fourth-order valence-electron chi connectivity index (χ4n) is 6.11. The maximum absolute atomic E-state index is 12.5. The van der Waals surface area contributed by atoms with Crippen molar-refractivity contribution in [1.29, 1.82) is 0 Å². The summed E-state index contributed by atoms with van der Waals surface area (Å²) in [6, 6.07) is 0. The van der Waals surface area contributed by atoms with Crippen LogP contribution in [-0.2, 0) is 14.3 Å². The van der Waals surface area contributed by atoms with E-state index in [1.807, 2.05) is 20.8 Å². The number of carbonyl (C=O) groups is 1. The van der Waals surface area contributed by atoms with Gasteiger partial charge in [0, 0.05) is 11.3 Å². The van der Waals surface area contributed by atoms with Crippen LogP contribution in [-0.4, -0.2) is 52.1 Å². The van der Waals surface area contributed by atoms with Crippen LogP contribution in [0.25, 0.3) is 0 Å². The molecule has 5 fully saturated rings. The molecule has 0 bridgehead atoms. The van der Waals surface area contributed by atoms with E-state index >= 15 is 0 Å². The Hall–Kier alpha value is -0.490. The van der Waals surface area contributed by atoms with Gasteiger partial charge >= 0.3 is 0 Å². The van der Waals surface area contributed by atoms with Crippen molar-refractivity contribution in [2.75, 3.05) is 6.61 Å². The molecule has 0 aromatic heterocycles. The summed E-state index contributed by atoms with van der Waals surface area (Å²) in [6.07, 6.45) is -0.974. The van der Waals surface area contributed by atoms with Gasteiger partial charge in [-0.15, -0.1) is 0 Å². The van der Waals surface area contributed by atoms with Crippen LogP contribution in [0.15, 0.2) is 0 Å². The van der Waals surface area contributed by atoms with Gasteiger partial charge in [-0.05, 0) is 17.8 Å². The van der Waals surface area contributed by atoms with Crippen LogP contribution >= 0.6 is 0 Å². The molecule has 2 spiro atoms. The number of aliphatic hydroxyl groups is 2. The molecule has 2 saturated heterocycles. The van der Waals surface area contributed by atoms with Crippen LogP contribution < -0.4 is 0 Å². The van der Waals surface area contributed by atoms with Gasteiger partial charge in [-0.3, -0.25) is 4.79 Å². The Labute approximate surface area is 117 Å². The van der Waals surface area contributed by atoms with Gasteiger partial charge in [-0.2, -0.15) is 0 Å². The van der Waals surface area contributed by atoms with Crippen molar-refractivity contribution in [2.24, 2.45) is 22.7 Å². The number of hydrogen-bond donors (Lipinski definition) is 2. The molecule has 0 radical (unpaired) electrons. The highest BCUT2D eigenvalue weighted by Gasteiger charge is 2.97. The average molecular weight is 280 g/mol. The summed E-state index contributed by atoms with van der Waals surface area (Å²) in [5.41, 5.74) is -2.45. The van der Waals surface area contributed by atoms with Crippen LogP contribution in [0.5, 0.6) is 0 Å². The highest BCUT2D eigenvalue weighted by Crippen LogP contribution is 2.80. The molecule has 20 heavy (non-hydrogen) atoms. The molecular formula is C15H20O5. The Morgan fingerprint density at radius 3 is 2.45 bits per heavy atom. The molecule has 0 aromatic rings. The van der Waals surface area contributed by atoms with Crippen LogP contribution in [0.3, 0.4) is 0 Å². The third-order valence-corrected chi connectivity index (χ3v) is 7.24. The molecule has 0 amide bonds. The number of rotatable bonds is 0. The molecule has 5 heteroatoms. The van der Waals surface area contributed by atoms with Gasteiger partial charge in [0.25, 0.3) is 0 Å². The zero-order valence-electron chi connectivity index (χ0n) is 11.9. The molecule has 3 saturated carbocycles. The summed E-state index contributed by atoms with van der Waals surface area (Å²) in [7, 11) is 0. The second-order valence-corrected chi connectivity index (χ2v) is 8.25. The van der Waals surface area contributed by atoms with Crippen molar-refractivity contribution in [1.82, 2.24) is 0 Å². The third kappa shape index (κ3) is 0.815. The standard InChI is InChI=1S/C15H20O5/c1-12(2)4-6-7(9(12)17)13(3)14(5-19-14)10(18)11-15(13,20-11)8(6)16/h6-9,11,16-17H,4-5H2,1-3H3/t6-,7-,8-,9+,11+,13+,14-,15+/m0/s1. The first kappa shape index (κ1) is 12.1. The number of fused-ring (bicyclic) bond motifs is 3. The number of Topliss-reactive ketones (excluding diaryl/α,β-unsaturated/α-hetero) is 1. The van der Waals surface area contributed by atoms with Gasteiger partial charge in [-0.25, -0.2) is 0 Å². The van der Waals surface area contributed by atoms with E-state index in [0.717, 1.165) is 6.42 Å². The fraction of sp³-hybridized carbons (Fsp3) is 0.933. The number of ether oxygens (including phenoxy) is 2. The molecule has 2 N–H and O–H groups in total. The van der Waals surface area contributed by atoms with E-state index in [1.165, 1.54) is 0 Å². The van der Waals surface area contributed by atoms with Crippen molar-refractivity contribution in [3.8, 4) is 0 Å². The molecule has 2 heterocycles. The summed E-state index contributed by atoms with van der Waals surface area (Å²) in [5.74, 6) is -0.162. The molecule has 0 unspecified atom stereocenters. The maximum atomic E-state index is 12.5. The van der Waals surface area contributed by atoms with Crippen molar-refractivity contribution < 1.29 is 24.5 Å². The zero-order valence-corrected chi connectivity index (χ0v) is 11.9. The van der Waals surface area contributed by atoms with Crippen molar-refractivity contribution >= 4 is 5.78 Å². The van der Waals surface area contributed by atoms with Crippen molar-refractivity contribution in [2.45, 2.75) is 56.7 Å². The molecule has 0 aromatic carbocycles. The Morgan fingerprint density at radius 1 is 1.20 bits per heavy atom. The summed E-state index contributed by atoms with van der Waals surface area (Å²) in [5, 5.41) is 21.6. The number of carbonyl (C=O) groups excluding carboxylic acids is 1. The Kier molecular flexibility index (Phi) is 1.66. The van der Waals surface area contributed by atoms with E-state index in [-0.39, 0.29) is 23.0 Å². The largest absolute Gasteiger partial charge is 0.392 e. The molecule has 2 aliphatic heterocycles. The summed E-state index contributed by atoms with van der Waals surface area (Å²) < 4.78 is 11.3. The minimum Gasteiger partial charge on any atom is -0.392 e. The number of aliphatic hydroxyl groups excluding tert-OH is 2. The molecule has 5 rings (SSSR count). The Balaban J connectivity index is 1.73. The van der Waals surface area contributed by atoms with Gasteiger partial charge < -0.3 is 19.7 Å². The molecule has 110 valence electrons. The van der Waals surface area contributed by atoms with Crippen LogP contribution in [0.4, 0.5) is 0 Å². The van der Waals surface area contributed by atoms with E-state index in [4.69, 9.17) is 9.47 Å². The topological polar surface area (TPSA) is 82.6 Å². The summed E-state index contributed by atoms with van der Waals surface area (Å²) in [6.45, 7) is 6.46. The third-order valence-electron chi connectivity index (χ3n) is 7.24. The van der Waals surface area contributed by atoms with E-state index in [2.05, 4.69) is 0 Å². The minimum atomic E-state index is -0.808. The Bertz CT molecular complexity index is 552. The average Bonchev–Trinajstić information content (AvgIpc) is 3.24. The normalized spacial score (nSPS) is 68.0. The van der Waals surface area contributed by atoms with Gasteiger partial charge in [0.1, 0.15) is 5.60 Å².